The maximum atomic E-state index is 14.4. The number of fused-ring (bicyclic) bond motifs is 2. The van der Waals surface area contributed by atoms with Crippen LogP contribution in [0.15, 0.2) is 36.7 Å². The largest absolute Gasteiger partial charge is 0.449 e. The van der Waals surface area contributed by atoms with Gasteiger partial charge in [0.15, 0.2) is 5.60 Å². The van der Waals surface area contributed by atoms with Gasteiger partial charge in [0.2, 0.25) is 5.91 Å². The summed E-state index contributed by atoms with van der Waals surface area (Å²) in [4.78, 5) is 31.1. The molecule has 3 aliphatic rings. The van der Waals surface area contributed by atoms with Gasteiger partial charge in [0.05, 0.1) is 17.5 Å². The number of ether oxygens (including phenoxy) is 1. The molecule has 2 aromatic rings. The number of carbonyl (C=O) groups is 2. The smallest absolute Gasteiger partial charge is 0.341 e. The Labute approximate surface area is 160 Å². The highest BCUT2D eigenvalue weighted by Gasteiger charge is 2.58. The first kappa shape index (κ1) is 16.7. The normalized spacial score (nSPS) is 24.8. The summed E-state index contributed by atoms with van der Waals surface area (Å²) in [5, 5.41) is 0.308. The third-order valence-corrected chi connectivity index (χ3v) is 6.18. The predicted molar refractivity (Wildman–Crippen MR) is 94.8 cm³/mol. The zero-order chi connectivity index (χ0) is 18.8. The van der Waals surface area contributed by atoms with E-state index in [1.807, 2.05) is 0 Å². The first-order valence-electron chi connectivity index (χ1n) is 8.88. The van der Waals surface area contributed by atoms with Crippen molar-refractivity contribution in [3.8, 4) is 0 Å². The lowest BCUT2D eigenvalue weighted by Gasteiger charge is -2.27. The summed E-state index contributed by atoms with van der Waals surface area (Å²) in [5.74, 6) is -0.970. The van der Waals surface area contributed by atoms with Crippen molar-refractivity contribution < 1.29 is 18.7 Å². The second-order valence-electron chi connectivity index (χ2n) is 7.49. The molecule has 27 heavy (non-hydrogen) atoms. The minimum Gasteiger partial charge on any atom is -0.449 e. The number of hydrogen-bond donors (Lipinski definition) is 0. The van der Waals surface area contributed by atoms with E-state index < -0.39 is 22.8 Å². The molecule has 5 rings (SSSR count). The standard InChI is InChI=1S/C20H16ClFN2O3/c21-12-1-2-15(16(22)9-12)19(4-5-19)18(26)24-8-6-20(11-24)14-3-7-23-10-13(14)17(25)27-20/h1-3,7,9-10H,4-6,8,11H2. The van der Waals surface area contributed by atoms with Crippen molar-refractivity contribution in [3.63, 3.8) is 0 Å². The van der Waals surface area contributed by atoms with E-state index in [4.69, 9.17) is 16.3 Å². The zero-order valence-corrected chi connectivity index (χ0v) is 15.1. The second-order valence-corrected chi connectivity index (χ2v) is 7.92. The Kier molecular flexibility index (Phi) is 3.41. The fourth-order valence-electron chi connectivity index (χ4n) is 4.40. The van der Waals surface area contributed by atoms with E-state index in [2.05, 4.69) is 4.98 Å². The van der Waals surface area contributed by atoms with Crippen LogP contribution >= 0.6 is 11.6 Å². The molecule has 1 unspecified atom stereocenters. The van der Waals surface area contributed by atoms with Crippen LogP contribution in [0, 0.1) is 5.82 Å². The number of halogens is 2. The van der Waals surface area contributed by atoms with Gasteiger partial charge in [0.25, 0.3) is 0 Å². The Hall–Kier alpha value is -2.47. The lowest BCUT2D eigenvalue weighted by molar-refractivity contribution is -0.134. The van der Waals surface area contributed by atoms with Crippen LogP contribution in [0.1, 0.15) is 40.7 Å². The highest BCUT2D eigenvalue weighted by atomic mass is 35.5. The number of rotatable bonds is 2. The first-order chi connectivity index (χ1) is 13.0. The fraction of sp³-hybridized carbons (Fsp3) is 0.350. The summed E-state index contributed by atoms with van der Waals surface area (Å²) in [6, 6.07) is 6.24. The van der Waals surface area contributed by atoms with Crippen LogP contribution in [0.2, 0.25) is 5.02 Å². The SMILES string of the molecule is O=C1OC2(CCN(C(=O)C3(c4ccc(Cl)cc4F)CC3)C2)c2ccncc21. The molecule has 7 heteroatoms. The summed E-state index contributed by atoms with van der Waals surface area (Å²) in [5.41, 5.74) is -0.0216. The van der Waals surface area contributed by atoms with Crippen molar-refractivity contribution in [3.05, 3.63) is 64.2 Å². The van der Waals surface area contributed by atoms with Gasteiger partial charge in [-0.1, -0.05) is 17.7 Å². The van der Waals surface area contributed by atoms with E-state index in [1.54, 1.807) is 29.3 Å². The maximum Gasteiger partial charge on any atom is 0.341 e. The van der Waals surface area contributed by atoms with Crippen LogP contribution in [0.5, 0.6) is 0 Å². The summed E-state index contributed by atoms with van der Waals surface area (Å²) >= 11 is 5.85. The summed E-state index contributed by atoms with van der Waals surface area (Å²) in [7, 11) is 0. The van der Waals surface area contributed by atoms with Gasteiger partial charge in [-0.25, -0.2) is 9.18 Å². The number of nitrogens with zero attached hydrogens (tertiary/aromatic N) is 2. The number of aromatic nitrogens is 1. The first-order valence-corrected chi connectivity index (χ1v) is 9.26. The van der Waals surface area contributed by atoms with E-state index in [1.165, 1.54) is 12.3 Å². The van der Waals surface area contributed by atoms with Crippen molar-refractivity contribution in [2.24, 2.45) is 0 Å². The molecular formula is C20H16ClFN2O3. The molecule has 1 saturated heterocycles. The molecule has 2 aliphatic heterocycles. The van der Waals surface area contributed by atoms with Crippen LogP contribution in [0.3, 0.4) is 0 Å². The van der Waals surface area contributed by atoms with Crippen molar-refractivity contribution in [2.45, 2.75) is 30.3 Å². The van der Waals surface area contributed by atoms with Crippen LogP contribution in [0.4, 0.5) is 4.39 Å². The minimum absolute atomic E-state index is 0.112. The average molecular weight is 387 g/mol. The number of amides is 1. The highest BCUT2D eigenvalue weighted by molar-refractivity contribution is 6.30. The van der Waals surface area contributed by atoms with Crippen LogP contribution in [0.25, 0.3) is 0 Å². The average Bonchev–Trinajstić information content (AvgIpc) is 3.27. The van der Waals surface area contributed by atoms with E-state index >= 15 is 0 Å². The number of benzene rings is 1. The lowest BCUT2D eigenvalue weighted by Crippen LogP contribution is -2.40. The third kappa shape index (κ3) is 2.32. The van der Waals surface area contributed by atoms with Gasteiger partial charge in [0.1, 0.15) is 5.82 Å². The molecular weight excluding hydrogens is 371 g/mol. The molecule has 0 N–H and O–H groups in total. The second kappa shape index (κ2) is 5.52. The van der Waals surface area contributed by atoms with E-state index in [0.29, 0.717) is 42.0 Å². The Morgan fingerprint density at radius 1 is 1.22 bits per heavy atom. The maximum absolute atomic E-state index is 14.4. The van der Waals surface area contributed by atoms with Crippen LogP contribution in [-0.2, 0) is 20.5 Å². The predicted octanol–water partition coefficient (Wildman–Crippen LogP) is 3.20. The van der Waals surface area contributed by atoms with Gasteiger partial charge in [-0.3, -0.25) is 9.78 Å². The topological polar surface area (TPSA) is 59.5 Å². The zero-order valence-electron chi connectivity index (χ0n) is 14.4. The summed E-state index contributed by atoms with van der Waals surface area (Å²) < 4.78 is 20.1. The number of carbonyl (C=O) groups excluding carboxylic acids is 2. The molecule has 1 aromatic heterocycles. The van der Waals surface area contributed by atoms with Gasteiger partial charge in [-0.15, -0.1) is 0 Å². The Balaban J connectivity index is 1.44. The lowest BCUT2D eigenvalue weighted by atomic mass is 9.92. The number of esters is 1. The van der Waals surface area contributed by atoms with Crippen molar-refractivity contribution >= 4 is 23.5 Å². The molecule has 3 heterocycles. The van der Waals surface area contributed by atoms with Gasteiger partial charge in [-0.2, -0.15) is 0 Å². The number of hydrogen-bond acceptors (Lipinski definition) is 4. The third-order valence-electron chi connectivity index (χ3n) is 5.95. The highest BCUT2D eigenvalue weighted by Crippen LogP contribution is 2.52. The molecule has 0 bridgehead atoms. The van der Waals surface area contributed by atoms with Gasteiger partial charge < -0.3 is 9.64 Å². The van der Waals surface area contributed by atoms with Gasteiger partial charge >= 0.3 is 5.97 Å². The van der Waals surface area contributed by atoms with Crippen molar-refractivity contribution in [1.82, 2.24) is 9.88 Å². The van der Waals surface area contributed by atoms with E-state index in [-0.39, 0.29) is 12.5 Å². The van der Waals surface area contributed by atoms with Crippen molar-refractivity contribution in [1.29, 1.82) is 0 Å². The Morgan fingerprint density at radius 2 is 2.04 bits per heavy atom. The monoisotopic (exact) mass is 386 g/mol. The molecule has 1 spiro atoms. The molecule has 1 amide bonds. The fourth-order valence-corrected chi connectivity index (χ4v) is 4.56. The molecule has 5 nitrogen and oxygen atoms in total. The van der Waals surface area contributed by atoms with Gasteiger partial charge in [-0.05, 0) is 31.0 Å². The Bertz CT molecular complexity index is 991. The molecule has 1 aromatic carbocycles. The Morgan fingerprint density at radius 3 is 2.78 bits per heavy atom. The minimum atomic E-state index is -0.829. The molecule has 1 saturated carbocycles. The summed E-state index contributed by atoms with van der Waals surface area (Å²) in [6.07, 6.45) is 4.86. The molecule has 1 aliphatic carbocycles. The molecule has 1 atom stereocenters. The van der Waals surface area contributed by atoms with Crippen LogP contribution < -0.4 is 0 Å². The van der Waals surface area contributed by atoms with E-state index in [0.717, 1.165) is 5.56 Å². The molecule has 0 radical (unpaired) electrons. The van der Waals surface area contributed by atoms with E-state index in [9.17, 15) is 14.0 Å². The van der Waals surface area contributed by atoms with Crippen LogP contribution in [-0.4, -0.2) is 34.8 Å². The molecule has 138 valence electrons. The quantitative estimate of drug-likeness (QED) is 0.744. The summed E-state index contributed by atoms with van der Waals surface area (Å²) in [6.45, 7) is 0.746. The number of pyridine rings is 1. The van der Waals surface area contributed by atoms with Gasteiger partial charge in [0, 0.05) is 41.5 Å². The molecule has 2 fully saturated rings. The van der Waals surface area contributed by atoms with Crippen molar-refractivity contribution in [2.75, 3.05) is 13.1 Å². The number of likely N-dealkylation sites (tertiary alicyclic amines) is 1.